The van der Waals surface area contributed by atoms with Gasteiger partial charge in [0, 0.05) is 0 Å². The molecule has 0 aromatic heterocycles. The van der Waals surface area contributed by atoms with Gasteiger partial charge < -0.3 is 24.8 Å². The fraction of sp³-hybridized carbons (Fsp3) is 0.407. The maximum Gasteiger partial charge on any atom is -1.00 e. The van der Waals surface area contributed by atoms with Crippen LogP contribution in [0.4, 0.5) is 0 Å². The Balaban J connectivity index is 0.00000171. The van der Waals surface area contributed by atoms with Crippen LogP contribution in [0.5, 0.6) is 0 Å². The topological polar surface area (TPSA) is 0 Å². The molecule has 164 valence electrons. The summed E-state index contributed by atoms with van der Waals surface area (Å²) in [5.74, 6) is 1.56. The van der Waals surface area contributed by atoms with Gasteiger partial charge in [-0.25, -0.2) is 0 Å². The molecule has 2 aliphatic rings. The monoisotopic (exact) mass is 548 g/mol. The van der Waals surface area contributed by atoms with Crippen molar-refractivity contribution in [2.24, 2.45) is 11.8 Å². The zero-order valence-electron chi connectivity index (χ0n) is 19.2. The van der Waals surface area contributed by atoms with E-state index in [2.05, 4.69) is 95.3 Å². The number of allylic oxidation sites excluding steroid dienone is 2. The Morgan fingerprint density at radius 1 is 0.742 bits per heavy atom. The van der Waals surface area contributed by atoms with Gasteiger partial charge in [0.1, 0.15) is 0 Å². The van der Waals surface area contributed by atoms with Crippen molar-refractivity contribution in [2.45, 2.75) is 41.9 Å². The van der Waals surface area contributed by atoms with Crippen LogP contribution in [-0.4, -0.2) is 12.3 Å². The molecule has 2 aromatic rings. The molecule has 0 amide bonds. The quantitative estimate of drug-likeness (QED) is 0.464. The van der Waals surface area contributed by atoms with Crippen molar-refractivity contribution in [1.82, 2.24) is 0 Å². The van der Waals surface area contributed by atoms with E-state index in [9.17, 15) is 0 Å². The molecule has 4 rings (SSSR count). The third kappa shape index (κ3) is 6.04. The van der Waals surface area contributed by atoms with Gasteiger partial charge in [0.25, 0.3) is 0 Å². The Morgan fingerprint density at radius 3 is 1.77 bits per heavy atom. The number of hydrogen-bond acceptors (Lipinski definition) is 0. The summed E-state index contributed by atoms with van der Waals surface area (Å²) < 4.78 is 1.47. The van der Waals surface area contributed by atoms with Crippen LogP contribution in [-0.2, 0) is 23.2 Å². The van der Waals surface area contributed by atoms with Crippen molar-refractivity contribution >= 4 is 20.1 Å². The maximum atomic E-state index is 2.62. The summed E-state index contributed by atoms with van der Waals surface area (Å²) in [5, 5.41) is 1.84. The minimum Gasteiger partial charge on any atom is -1.00 e. The van der Waals surface area contributed by atoms with Crippen molar-refractivity contribution in [2.75, 3.05) is 12.3 Å². The minimum absolute atomic E-state index is 0. The first-order valence-corrected chi connectivity index (χ1v) is 15.6. The summed E-state index contributed by atoms with van der Waals surface area (Å²) in [6, 6.07) is 18.4. The van der Waals surface area contributed by atoms with Crippen LogP contribution in [0.2, 0.25) is 0 Å². The fourth-order valence-electron chi connectivity index (χ4n) is 4.79. The number of hydrogen-bond donors (Lipinski definition) is 0. The minimum atomic E-state index is -0.737. The maximum absolute atomic E-state index is 2.62. The van der Waals surface area contributed by atoms with Gasteiger partial charge in [0.15, 0.2) is 0 Å². The average molecular weight is 551 g/mol. The summed E-state index contributed by atoms with van der Waals surface area (Å²) in [6.07, 6.45) is 7.85. The van der Waals surface area contributed by atoms with Crippen molar-refractivity contribution in [3.8, 4) is 0 Å². The average Bonchev–Trinajstić information content (AvgIpc) is 3.19. The summed E-state index contributed by atoms with van der Waals surface area (Å²) in [7, 11) is -0.0440. The Labute approximate surface area is 214 Å². The van der Waals surface area contributed by atoms with Gasteiger partial charge in [0.2, 0.25) is 0 Å². The molecule has 2 aromatic carbocycles. The second-order valence-electron chi connectivity index (χ2n) is 9.44. The predicted octanol–water partition coefficient (Wildman–Crippen LogP) is 2.12. The van der Waals surface area contributed by atoms with Crippen LogP contribution >= 0.6 is 7.92 Å². The molecule has 2 aliphatic carbocycles. The molecule has 0 heterocycles. The van der Waals surface area contributed by atoms with E-state index in [1.54, 1.807) is 16.7 Å². The molecule has 0 radical (unpaired) electrons. The molecule has 0 bridgehead atoms. The first-order valence-electron chi connectivity index (χ1n) is 11.0. The third-order valence-corrected chi connectivity index (χ3v) is 15.0. The van der Waals surface area contributed by atoms with Crippen LogP contribution in [0.1, 0.15) is 64.1 Å². The van der Waals surface area contributed by atoms with Gasteiger partial charge in [-0.05, 0) is 0 Å². The van der Waals surface area contributed by atoms with E-state index in [4.69, 9.17) is 0 Å². The van der Waals surface area contributed by atoms with Crippen LogP contribution in [0, 0.1) is 11.8 Å². The molecule has 31 heavy (non-hydrogen) atoms. The van der Waals surface area contributed by atoms with E-state index in [0.29, 0.717) is 0 Å². The standard InChI is InChI=1S/C17H24P.C10H9.2ClH.Zr/c1-13(2)11-18(12-14(3)4)17-9-15-7-5-6-8-16(15)10-17;1-8-6-9-4-2-3-5-10(9)7-8;;;/h5-10,13-14H,11-12H2,1-4H3;2-7H,1H3;2*1H;/q;;;;+2/p-2. The zero-order valence-corrected chi connectivity index (χ0v) is 24.1. The Bertz CT molecular complexity index is 938. The van der Waals surface area contributed by atoms with Crippen LogP contribution in [0.25, 0.3) is 12.2 Å². The van der Waals surface area contributed by atoms with Gasteiger partial charge in [-0.15, -0.1) is 0 Å². The van der Waals surface area contributed by atoms with Gasteiger partial charge in [-0.2, -0.15) is 0 Å². The molecule has 0 nitrogen and oxygen atoms in total. The van der Waals surface area contributed by atoms with Gasteiger partial charge in [-0.3, -0.25) is 0 Å². The van der Waals surface area contributed by atoms with E-state index >= 15 is 0 Å². The SMILES string of the molecule is CC1=Cc2ccccc2[CH]1[Zr+2][CH]1C(P(CC(C)C)CC(C)C)=Cc2ccccc21.[Cl-].[Cl-]. The van der Waals surface area contributed by atoms with Crippen molar-refractivity contribution in [1.29, 1.82) is 0 Å². The normalized spacial score (nSPS) is 18.7. The van der Waals surface area contributed by atoms with Crippen molar-refractivity contribution < 1.29 is 48.0 Å². The second-order valence-corrected chi connectivity index (χ2v) is 15.4. The number of halogens is 2. The van der Waals surface area contributed by atoms with Crippen molar-refractivity contribution in [3.63, 3.8) is 0 Å². The summed E-state index contributed by atoms with van der Waals surface area (Å²) in [6.45, 7) is 12.0. The van der Waals surface area contributed by atoms with E-state index in [1.807, 2.05) is 5.31 Å². The predicted molar refractivity (Wildman–Crippen MR) is 126 cm³/mol. The Hall–Kier alpha value is -0.187. The first-order chi connectivity index (χ1) is 13.9. The summed E-state index contributed by atoms with van der Waals surface area (Å²) in [5.41, 5.74) is 7.85. The largest absolute Gasteiger partial charge is 1.00 e. The molecule has 0 aliphatic heterocycles. The molecule has 0 fully saturated rings. The Morgan fingerprint density at radius 2 is 1.23 bits per heavy atom. The molecule has 2 unspecified atom stereocenters. The van der Waals surface area contributed by atoms with E-state index in [-0.39, 0.29) is 32.7 Å². The van der Waals surface area contributed by atoms with E-state index in [0.717, 1.165) is 19.1 Å². The first kappa shape index (κ1) is 27.1. The number of rotatable bonds is 7. The van der Waals surface area contributed by atoms with Crippen LogP contribution < -0.4 is 24.8 Å². The fourth-order valence-corrected chi connectivity index (χ4v) is 14.2. The second kappa shape index (κ2) is 11.8. The van der Waals surface area contributed by atoms with E-state index in [1.165, 1.54) is 23.5 Å². The number of benzene rings is 2. The smallest absolute Gasteiger partial charge is 1.00 e. The number of fused-ring (bicyclic) bond motifs is 2. The summed E-state index contributed by atoms with van der Waals surface area (Å²) >= 11 is -0.737. The zero-order chi connectivity index (χ0) is 20.5. The summed E-state index contributed by atoms with van der Waals surface area (Å²) in [4.78, 5) is 0. The van der Waals surface area contributed by atoms with E-state index < -0.39 is 23.2 Å². The molecule has 4 heteroatoms. The Kier molecular flexibility index (Phi) is 10.3. The molecular formula is C27H33Cl2PZr. The molecule has 0 N–H and O–H groups in total. The molecule has 0 saturated heterocycles. The van der Waals surface area contributed by atoms with Crippen LogP contribution in [0.15, 0.2) is 59.4 Å². The van der Waals surface area contributed by atoms with Gasteiger partial charge >= 0.3 is 191 Å². The van der Waals surface area contributed by atoms with Crippen LogP contribution in [0.3, 0.4) is 0 Å². The van der Waals surface area contributed by atoms with Gasteiger partial charge in [-0.1, -0.05) is 0 Å². The van der Waals surface area contributed by atoms with Gasteiger partial charge in [0.05, 0.1) is 0 Å². The molecule has 2 atom stereocenters. The van der Waals surface area contributed by atoms with Crippen molar-refractivity contribution in [3.05, 3.63) is 81.7 Å². The molecule has 0 saturated carbocycles. The third-order valence-electron chi connectivity index (χ3n) is 5.92. The molecule has 0 spiro atoms. The molecular weight excluding hydrogens is 517 g/mol.